The fourth-order valence-electron chi connectivity index (χ4n) is 5.01. The molecule has 0 N–H and O–H groups in total. The van der Waals surface area contributed by atoms with E-state index in [2.05, 4.69) is 24.3 Å². The molecular formula is C22H33N3O2. The Labute approximate surface area is 163 Å². The maximum Gasteiger partial charge on any atom is 0.319 e. The van der Waals surface area contributed by atoms with Crippen LogP contribution in [0.5, 0.6) is 0 Å². The summed E-state index contributed by atoms with van der Waals surface area (Å²) >= 11 is 0. The molecule has 2 aliphatic rings. The quantitative estimate of drug-likeness (QED) is 0.814. The van der Waals surface area contributed by atoms with Crippen LogP contribution in [0.15, 0.2) is 24.3 Å². The summed E-state index contributed by atoms with van der Waals surface area (Å²) in [5.41, 5.74) is 2.89. The number of amides is 3. The Morgan fingerprint density at radius 2 is 1.74 bits per heavy atom. The molecule has 0 bridgehead atoms. The van der Waals surface area contributed by atoms with Gasteiger partial charge >= 0.3 is 6.03 Å². The number of hydrogen-bond donors (Lipinski definition) is 0. The largest absolute Gasteiger partial charge is 0.343 e. The maximum absolute atomic E-state index is 12.7. The van der Waals surface area contributed by atoms with E-state index in [4.69, 9.17) is 0 Å². The number of benzene rings is 1. The minimum absolute atomic E-state index is 0.101. The first kappa shape index (κ1) is 19.7. The molecule has 0 aromatic heterocycles. The van der Waals surface area contributed by atoms with Crippen molar-refractivity contribution in [1.29, 1.82) is 0 Å². The number of urea groups is 1. The first-order valence-electron chi connectivity index (χ1n) is 10.2. The Bertz CT molecular complexity index is 689. The van der Waals surface area contributed by atoms with E-state index in [1.54, 1.807) is 4.90 Å². The Morgan fingerprint density at radius 1 is 1.11 bits per heavy atom. The molecular weight excluding hydrogens is 338 g/mol. The van der Waals surface area contributed by atoms with Gasteiger partial charge in [-0.1, -0.05) is 24.3 Å². The van der Waals surface area contributed by atoms with Gasteiger partial charge in [0, 0.05) is 46.7 Å². The van der Waals surface area contributed by atoms with Crippen LogP contribution < -0.4 is 0 Å². The summed E-state index contributed by atoms with van der Waals surface area (Å²) in [5.74, 6) is 0.558. The predicted octanol–water partition coefficient (Wildman–Crippen LogP) is 3.45. The lowest BCUT2D eigenvalue weighted by Crippen LogP contribution is -2.47. The first-order chi connectivity index (χ1) is 12.9. The zero-order chi connectivity index (χ0) is 19.6. The van der Waals surface area contributed by atoms with Gasteiger partial charge in [-0.15, -0.1) is 0 Å². The first-order valence-corrected chi connectivity index (χ1v) is 10.2. The summed E-state index contributed by atoms with van der Waals surface area (Å²) in [6.45, 7) is 7.23. The lowest BCUT2D eigenvalue weighted by Gasteiger charge is -2.41. The van der Waals surface area contributed by atoms with Gasteiger partial charge in [0.05, 0.1) is 0 Å². The van der Waals surface area contributed by atoms with E-state index >= 15 is 0 Å². The third-order valence-electron chi connectivity index (χ3n) is 6.52. The number of carbonyl (C=O) groups is 2. The van der Waals surface area contributed by atoms with Gasteiger partial charge in [-0.25, -0.2) is 4.79 Å². The molecule has 0 saturated carbocycles. The molecule has 27 heavy (non-hydrogen) atoms. The molecule has 5 nitrogen and oxygen atoms in total. The van der Waals surface area contributed by atoms with Crippen LogP contribution in [0, 0.1) is 0 Å². The van der Waals surface area contributed by atoms with Crippen LogP contribution in [0.1, 0.15) is 56.6 Å². The molecule has 1 spiro atoms. The second kappa shape index (κ2) is 7.91. The molecule has 1 unspecified atom stereocenters. The van der Waals surface area contributed by atoms with Gasteiger partial charge in [0.2, 0.25) is 5.91 Å². The minimum Gasteiger partial charge on any atom is -0.343 e. The molecule has 1 saturated heterocycles. The molecule has 5 heteroatoms. The Hall–Kier alpha value is -2.04. The lowest BCUT2D eigenvalue weighted by atomic mass is 9.73. The summed E-state index contributed by atoms with van der Waals surface area (Å²) in [5, 5.41) is 0. The number of likely N-dealkylation sites (tertiary alicyclic amines) is 1. The van der Waals surface area contributed by atoms with E-state index < -0.39 is 0 Å². The molecule has 148 valence electrons. The Morgan fingerprint density at radius 3 is 2.33 bits per heavy atom. The van der Waals surface area contributed by atoms with E-state index in [0.717, 1.165) is 45.4 Å². The van der Waals surface area contributed by atoms with Crippen LogP contribution >= 0.6 is 0 Å². The molecule has 1 fully saturated rings. The van der Waals surface area contributed by atoms with Gasteiger partial charge in [0.15, 0.2) is 0 Å². The lowest BCUT2D eigenvalue weighted by molar-refractivity contribution is -0.131. The fraction of sp³-hybridized carbons (Fsp3) is 0.636. The normalized spacial score (nSPS) is 20.4. The van der Waals surface area contributed by atoms with Crippen LogP contribution in [0.2, 0.25) is 0 Å². The fourth-order valence-corrected chi connectivity index (χ4v) is 5.01. The topological polar surface area (TPSA) is 43.9 Å². The van der Waals surface area contributed by atoms with Crippen LogP contribution in [-0.2, 0) is 10.2 Å². The molecule has 1 aliphatic heterocycles. The average Bonchev–Trinajstić information content (AvgIpc) is 2.96. The average molecular weight is 372 g/mol. The van der Waals surface area contributed by atoms with Gasteiger partial charge in [-0.2, -0.15) is 0 Å². The molecule has 1 atom stereocenters. The summed E-state index contributed by atoms with van der Waals surface area (Å²) in [4.78, 5) is 30.6. The van der Waals surface area contributed by atoms with Gasteiger partial charge in [0.25, 0.3) is 0 Å². The van der Waals surface area contributed by atoms with Crippen molar-refractivity contribution >= 4 is 11.9 Å². The summed E-state index contributed by atoms with van der Waals surface area (Å²) < 4.78 is 0. The Kier molecular flexibility index (Phi) is 5.78. The highest BCUT2D eigenvalue weighted by Crippen LogP contribution is 2.52. The van der Waals surface area contributed by atoms with Crippen LogP contribution in [0.4, 0.5) is 4.79 Å². The van der Waals surface area contributed by atoms with Crippen LogP contribution in [0.3, 0.4) is 0 Å². The SMILES string of the molecule is CCN(CC)C(=O)CC1CC2(CCN(C(=O)N(C)C)CC2)c2ccccc21. The zero-order valence-corrected chi connectivity index (χ0v) is 17.2. The van der Waals surface area contributed by atoms with Crippen LogP contribution in [0.25, 0.3) is 0 Å². The second-order valence-electron chi connectivity index (χ2n) is 8.20. The number of fused-ring (bicyclic) bond motifs is 2. The summed E-state index contributed by atoms with van der Waals surface area (Å²) in [7, 11) is 3.62. The highest BCUT2D eigenvalue weighted by Gasteiger charge is 2.46. The van der Waals surface area contributed by atoms with Gasteiger partial charge in [0.1, 0.15) is 0 Å². The standard InChI is InChI=1S/C22H33N3O2/c1-5-24(6-2)20(26)15-17-16-22(19-10-8-7-9-18(17)19)11-13-25(14-12-22)21(27)23(3)4/h7-10,17H,5-6,11-16H2,1-4H3. The maximum atomic E-state index is 12.7. The molecule has 3 rings (SSSR count). The van der Waals surface area contributed by atoms with Crippen molar-refractivity contribution in [3.63, 3.8) is 0 Å². The number of piperidine rings is 1. The zero-order valence-electron chi connectivity index (χ0n) is 17.2. The highest BCUT2D eigenvalue weighted by molar-refractivity contribution is 5.77. The minimum atomic E-state index is 0.101. The van der Waals surface area contributed by atoms with Gasteiger partial charge < -0.3 is 14.7 Å². The summed E-state index contributed by atoms with van der Waals surface area (Å²) in [6.07, 6.45) is 3.60. The smallest absolute Gasteiger partial charge is 0.319 e. The van der Waals surface area contributed by atoms with Crippen molar-refractivity contribution in [1.82, 2.24) is 14.7 Å². The molecule has 1 aromatic carbocycles. The predicted molar refractivity (Wildman–Crippen MR) is 108 cm³/mol. The number of hydrogen-bond acceptors (Lipinski definition) is 2. The van der Waals surface area contributed by atoms with E-state index in [9.17, 15) is 9.59 Å². The van der Waals surface area contributed by atoms with Crippen molar-refractivity contribution in [2.24, 2.45) is 0 Å². The van der Waals surface area contributed by atoms with E-state index in [1.807, 2.05) is 37.7 Å². The van der Waals surface area contributed by atoms with E-state index in [-0.39, 0.29) is 17.4 Å². The van der Waals surface area contributed by atoms with Crippen molar-refractivity contribution in [3.8, 4) is 0 Å². The van der Waals surface area contributed by atoms with E-state index in [1.165, 1.54) is 11.1 Å². The number of nitrogens with zero attached hydrogens (tertiary/aromatic N) is 3. The van der Waals surface area contributed by atoms with Crippen molar-refractivity contribution in [2.75, 3.05) is 40.3 Å². The molecule has 3 amide bonds. The van der Waals surface area contributed by atoms with Crippen LogP contribution in [-0.4, -0.2) is 66.9 Å². The number of carbonyl (C=O) groups excluding carboxylic acids is 2. The van der Waals surface area contributed by atoms with E-state index in [0.29, 0.717) is 12.3 Å². The molecule has 1 aliphatic carbocycles. The third kappa shape index (κ3) is 3.69. The summed E-state index contributed by atoms with van der Waals surface area (Å²) in [6, 6.07) is 8.77. The molecule has 1 heterocycles. The third-order valence-corrected chi connectivity index (χ3v) is 6.52. The van der Waals surface area contributed by atoms with Crippen molar-refractivity contribution < 1.29 is 9.59 Å². The monoisotopic (exact) mass is 371 g/mol. The molecule has 1 aromatic rings. The van der Waals surface area contributed by atoms with Gasteiger partial charge in [-0.3, -0.25) is 4.79 Å². The van der Waals surface area contributed by atoms with Gasteiger partial charge in [-0.05, 0) is 55.6 Å². The highest BCUT2D eigenvalue weighted by atomic mass is 16.2. The second-order valence-corrected chi connectivity index (χ2v) is 8.20. The Balaban J connectivity index is 1.78. The van der Waals surface area contributed by atoms with Crippen molar-refractivity contribution in [2.45, 2.75) is 50.9 Å². The van der Waals surface area contributed by atoms with Crippen molar-refractivity contribution in [3.05, 3.63) is 35.4 Å². The number of rotatable bonds is 4. The molecule has 0 radical (unpaired) electrons.